The number of aromatic amines is 1. The lowest BCUT2D eigenvalue weighted by molar-refractivity contribution is 0.0234. The Hall–Kier alpha value is -2.48. The average Bonchev–Trinajstić information content (AvgIpc) is 2.96. The second kappa shape index (κ2) is 6.33. The van der Waals surface area contributed by atoms with Crippen molar-refractivity contribution < 1.29 is 14.6 Å². The van der Waals surface area contributed by atoms with Gasteiger partial charge in [0.1, 0.15) is 0 Å². The molecule has 0 aromatic carbocycles. The predicted octanol–water partition coefficient (Wildman–Crippen LogP) is 0.759. The fourth-order valence-corrected chi connectivity index (χ4v) is 2.78. The largest absolute Gasteiger partial charge is 0.481 e. The summed E-state index contributed by atoms with van der Waals surface area (Å²) in [5.74, 6) is 0.384. The van der Waals surface area contributed by atoms with Crippen molar-refractivity contribution in [3.8, 4) is 5.88 Å². The topological polar surface area (TPSA) is 113 Å². The highest BCUT2D eigenvalue weighted by atomic mass is 16.5. The van der Waals surface area contributed by atoms with E-state index < -0.39 is 0 Å². The van der Waals surface area contributed by atoms with E-state index in [2.05, 4.69) is 25.7 Å². The normalized spacial score (nSPS) is 21.3. The number of aliphatic hydroxyl groups is 1. The Kier molecular flexibility index (Phi) is 4.24. The van der Waals surface area contributed by atoms with Gasteiger partial charge in [0.25, 0.3) is 5.91 Å². The molecule has 1 amide bonds. The van der Waals surface area contributed by atoms with Gasteiger partial charge in [0.05, 0.1) is 24.9 Å². The van der Waals surface area contributed by atoms with Crippen LogP contribution in [0.4, 0.5) is 0 Å². The van der Waals surface area contributed by atoms with E-state index in [1.807, 2.05) is 6.07 Å². The molecule has 0 spiro atoms. The van der Waals surface area contributed by atoms with Crippen molar-refractivity contribution in [3.63, 3.8) is 0 Å². The van der Waals surface area contributed by atoms with Gasteiger partial charge in [-0.05, 0) is 31.2 Å². The fraction of sp³-hybridized carbons (Fsp3) is 0.467. The number of nitrogens with zero attached hydrogens (tertiary/aromatic N) is 3. The van der Waals surface area contributed by atoms with Crippen LogP contribution in [-0.2, 0) is 0 Å². The molecule has 8 heteroatoms. The molecule has 8 nitrogen and oxygen atoms in total. The van der Waals surface area contributed by atoms with Crippen molar-refractivity contribution in [1.29, 1.82) is 0 Å². The lowest BCUT2D eigenvalue weighted by Gasteiger charge is -2.38. The summed E-state index contributed by atoms with van der Waals surface area (Å²) in [5, 5.41) is 22.7. The van der Waals surface area contributed by atoms with Gasteiger partial charge in [-0.1, -0.05) is 6.07 Å². The van der Waals surface area contributed by atoms with Crippen LogP contribution in [0.25, 0.3) is 0 Å². The summed E-state index contributed by atoms with van der Waals surface area (Å²) in [6, 6.07) is 3.39. The fourth-order valence-electron chi connectivity index (χ4n) is 2.78. The quantitative estimate of drug-likeness (QED) is 0.750. The number of ether oxygens (including phenoxy) is 1. The van der Waals surface area contributed by atoms with Gasteiger partial charge in [-0.15, -0.1) is 0 Å². The van der Waals surface area contributed by atoms with E-state index in [-0.39, 0.29) is 29.7 Å². The molecule has 1 aliphatic rings. The molecule has 0 saturated heterocycles. The van der Waals surface area contributed by atoms with Crippen LogP contribution in [0, 0.1) is 12.8 Å². The maximum Gasteiger partial charge on any atom is 0.274 e. The monoisotopic (exact) mass is 317 g/mol. The number of nitrogens with one attached hydrogen (secondary N) is 2. The zero-order chi connectivity index (χ0) is 16.4. The number of pyridine rings is 1. The molecule has 1 saturated carbocycles. The van der Waals surface area contributed by atoms with Crippen molar-refractivity contribution >= 4 is 5.91 Å². The Bertz CT molecular complexity index is 679. The van der Waals surface area contributed by atoms with Gasteiger partial charge < -0.3 is 15.2 Å². The number of aliphatic hydroxyl groups excluding tert-OH is 1. The molecule has 122 valence electrons. The Labute approximate surface area is 133 Å². The van der Waals surface area contributed by atoms with E-state index in [9.17, 15) is 9.90 Å². The Morgan fingerprint density at radius 2 is 2.22 bits per heavy atom. The van der Waals surface area contributed by atoms with Crippen LogP contribution in [-0.4, -0.2) is 44.6 Å². The third kappa shape index (κ3) is 3.16. The van der Waals surface area contributed by atoms with Crippen molar-refractivity contribution in [2.24, 2.45) is 5.92 Å². The minimum absolute atomic E-state index is 0.163. The van der Waals surface area contributed by atoms with E-state index in [1.54, 1.807) is 26.3 Å². The molecule has 0 unspecified atom stereocenters. The van der Waals surface area contributed by atoms with E-state index >= 15 is 0 Å². The van der Waals surface area contributed by atoms with Crippen LogP contribution >= 0.6 is 0 Å². The van der Waals surface area contributed by atoms with Crippen LogP contribution in [0.2, 0.25) is 0 Å². The van der Waals surface area contributed by atoms with E-state index in [1.165, 1.54) is 0 Å². The standard InChI is InChI=1S/C15H19N5O3/c1-8-13(19-20-18-8)15(22)17-14(10-5-11(21)6-10)9-3-4-12(23-2)16-7-9/h3-4,7,10-11,14,21H,5-6H2,1-2H3,(H,17,22)(H,18,19,20)/t10?,11?,14-/m1/s1. The predicted molar refractivity (Wildman–Crippen MR) is 80.8 cm³/mol. The third-order valence-corrected chi connectivity index (χ3v) is 4.17. The average molecular weight is 317 g/mol. The first-order valence-corrected chi connectivity index (χ1v) is 7.44. The van der Waals surface area contributed by atoms with Gasteiger partial charge in [0.2, 0.25) is 5.88 Å². The molecular formula is C15H19N5O3. The van der Waals surface area contributed by atoms with Gasteiger partial charge in [0.15, 0.2) is 5.69 Å². The van der Waals surface area contributed by atoms with Crippen LogP contribution in [0.3, 0.4) is 0 Å². The highest BCUT2D eigenvalue weighted by Crippen LogP contribution is 2.38. The highest BCUT2D eigenvalue weighted by Gasteiger charge is 2.36. The first kappa shape index (κ1) is 15.4. The maximum atomic E-state index is 12.4. The number of hydrogen-bond donors (Lipinski definition) is 3. The molecule has 2 aromatic heterocycles. The zero-order valence-corrected chi connectivity index (χ0v) is 13.0. The minimum Gasteiger partial charge on any atom is -0.481 e. The number of rotatable bonds is 5. The SMILES string of the molecule is COc1ccc([C@@H](NC(=O)c2n[nH]nc2C)C2CC(O)C2)cn1. The number of carbonyl (C=O) groups excluding carboxylic acids is 1. The molecular weight excluding hydrogens is 298 g/mol. The van der Waals surface area contributed by atoms with E-state index in [0.29, 0.717) is 24.4 Å². The molecule has 1 fully saturated rings. The number of amides is 1. The molecule has 2 aromatic rings. The molecule has 1 aliphatic carbocycles. The Morgan fingerprint density at radius 3 is 2.74 bits per heavy atom. The second-order valence-corrected chi connectivity index (χ2v) is 5.73. The van der Waals surface area contributed by atoms with Crippen LogP contribution in [0.1, 0.15) is 40.6 Å². The molecule has 0 radical (unpaired) electrons. The number of aryl methyl sites for hydroxylation is 1. The molecule has 3 N–H and O–H groups in total. The van der Waals surface area contributed by atoms with Crippen LogP contribution < -0.4 is 10.1 Å². The van der Waals surface area contributed by atoms with Crippen LogP contribution in [0.5, 0.6) is 5.88 Å². The first-order valence-electron chi connectivity index (χ1n) is 7.44. The molecule has 0 bridgehead atoms. The van der Waals surface area contributed by atoms with E-state index in [4.69, 9.17) is 4.74 Å². The second-order valence-electron chi connectivity index (χ2n) is 5.73. The van der Waals surface area contributed by atoms with Crippen molar-refractivity contribution in [2.45, 2.75) is 31.9 Å². The number of aromatic nitrogens is 4. The maximum absolute atomic E-state index is 12.4. The Morgan fingerprint density at radius 1 is 1.43 bits per heavy atom. The number of H-pyrrole nitrogens is 1. The van der Waals surface area contributed by atoms with Gasteiger partial charge >= 0.3 is 0 Å². The molecule has 2 heterocycles. The number of hydrogen-bond acceptors (Lipinski definition) is 6. The summed E-state index contributed by atoms with van der Waals surface area (Å²) in [7, 11) is 1.55. The number of methoxy groups -OCH3 is 1. The summed E-state index contributed by atoms with van der Waals surface area (Å²) >= 11 is 0. The summed E-state index contributed by atoms with van der Waals surface area (Å²) in [6.45, 7) is 1.72. The molecule has 23 heavy (non-hydrogen) atoms. The van der Waals surface area contributed by atoms with Crippen molar-refractivity contribution in [2.75, 3.05) is 7.11 Å². The lowest BCUT2D eigenvalue weighted by Crippen LogP contribution is -2.41. The van der Waals surface area contributed by atoms with Gasteiger partial charge in [-0.2, -0.15) is 15.4 Å². The minimum atomic E-state index is -0.306. The summed E-state index contributed by atoms with van der Waals surface area (Å²) < 4.78 is 5.06. The summed E-state index contributed by atoms with van der Waals surface area (Å²) in [6.07, 6.45) is 2.67. The van der Waals surface area contributed by atoms with Crippen LogP contribution in [0.15, 0.2) is 18.3 Å². The van der Waals surface area contributed by atoms with Gasteiger partial charge in [-0.3, -0.25) is 4.79 Å². The van der Waals surface area contributed by atoms with E-state index in [0.717, 1.165) is 5.56 Å². The smallest absolute Gasteiger partial charge is 0.274 e. The summed E-state index contributed by atoms with van der Waals surface area (Å²) in [5.41, 5.74) is 1.69. The number of carbonyl (C=O) groups is 1. The summed E-state index contributed by atoms with van der Waals surface area (Å²) in [4.78, 5) is 16.6. The molecule has 0 aliphatic heterocycles. The van der Waals surface area contributed by atoms with Crippen molar-refractivity contribution in [1.82, 2.24) is 25.7 Å². The molecule has 1 atom stereocenters. The third-order valence-electron chi connectivity index (χ3n) is 4.17. The first-order chi connectivity index (χ1) is 11.1. The van der Waals surface area contributed by atoms with Crippen molar-refractivity contribution in [3.05, 3.63) is 35.3 Å². The molecule has 3 rings (SSSR count). The van der Waals surface area contributed by atoms with Gasteiger partial charge in [-0.25, -0.2) is 4.98 Å². The Balaban J connectivity index is 1.80. The lowest BCUT2D eigenvalue weighted by atomic mass is 9.75. The highest BCUT2D eigenvalue weighted by molar-refractivity contribution is 5.93. The zero-order valence-electron chi connectivity index (χ0n) is 13.0. The van der Waals surface area contributed by atoms with Gasteiger partial charge in [0, 0.05) is 12.3 Å².